The molecule has 2 N–H and O–H groups in total. The molecule has 2 aromatic carbocycles. The van der Waals surface area contributed by atoms with E-state index in [1.807, 2.05) is 19.1 Å². The van der Waals surface area contributed by atoms with Gasteiger partial charge in [-0.2, -0.15) is 0 Å². The number of nitrogens with zero attached hydrogens (tertiary/aromatic N) is 2. The predicted octanol–water partition coefficient (Wildman–Crippen LogP) is 3.16. The number of ether oxygens (including phenoxy) is 2. The molecular weight excluding hydrogens is 440 g/mol. The Morgan fingerprint density at radius 2 is 1.84 bits per heavy atom. The molecule has 3 aromatic rings. The van der Waals surface area contributed by atoms with Crippen LogP contribution in [0.4, 0.5) is 5.13 Å². The fourth-order valence-corrected chi connectivity index (χ4v) is 5.02. The van der Waals surface area contributed by atoms with E-state index in [1.54, 1.807) is 37.3 Å². The van der Waals surface area contributed by atoms with Crippen LogP contribution in [-0.2, 0) is 10.0 Å². The zero-order valence-corrected chi connectivity index (χ0v) is 19.0. The lowest BCUT2D eigenvalue weighted by Crippen LogP contribution is -2.27. The number of hydrogen-bond acceptors (Lipinski definition) is 8. The number of nitrogens with one attached hydrogen (secondary N) is 2. The fourth-order valence-electron chi connectivity index (χ4n) is 2.89. The highest BCUT2D eigenvalue weighted by Crippen LogP contribution is 2.31. The van der Waals surface area contributed by atoms with E-state index >= 15 is 0 Å². The topological polar surface area (TPSA) is 120 Å². The molecule has 0 fully saturated rings. The average Bonchev–Trinajstić information content (AvgIpc) is 3.22. The van der Waals surface area contributed by atoms with Crippen LogP contribution < -0.4 is 19.5 Å². The van der Waals surface area contributed by atoms with Crippen LogP contribution in [0.1, 0.15) is 34.5 Å². The maximum Gasteiger partial charge on any atom is 0.270 e. The normalized spacial score (nSPS) is 12.3. The van der Waals surface area contributed by atoms with Crippen LogP contribution in [0.15, 0.2) is 46.8 Å². The van der Waals surface area contributed by atoms with Crippen LogP contribution >= 0.6 is 11.3 Å². The van der Waals surface area contributed by atoms with E-state index in [0.717, 1.165) is 16.9 Å². The lowest BCUT2D eigenvalue weighted by Gasteiger charge is -2.17. The number of carbonyl (C=O) groups is 1. The van der Waals surface area contributed by atoms with Crippen LogP contribution in [0.2, 0.25) is 0 Å². The smallest absolute Gasteiger partial charge is 0.270 e. The number of carbonyl (C=O) groups excluding carboxylic acids is 1. The molecule has 0 spiro atoms. The van der Waals surface area contributed by atoms with Gasteiger partial charge in [0.2, 0.25) is 9.47 Å². The van der Waals surface area contributed by atoms with Crippen molar-refractivity contribution in [2.75, 3.05) is 19.5 Å². The molecule has 0 aliphatic rings. The van der Waals surface area contributed by atoms with Crippen LogP contribution in [0.3, 0.4) is 0 Å². The first-order chi connectivity index (χ1) is 14.7. The Morgan fingerprint density at radius 3 is 2.52 bits per heavy atom. The monoisotopic (exact) mass is 462 g/mol. The lowest BCUT2D eigenvalue weighted by atomic mass is 10.1. The van der Waals surface area contributed by atoms with Crippen molar-refractivity contribution in [3.8, 4) is 11.5 Å². The summed E-state index contributed by atoms with van der Waals surface area (Å²) in [5.41, 5.74) is 1.86. The molecule has 1 aromatic heterocycles. The van der Waals surface area contributed by atoms with Gasteiger partial charge in [-0.25, -0.2) is 13.1 Å². The third kappa shape index (κ3) is 5.19. The maximum atomic E-state index is 12.8. The fraction of sp³-hybridized carbons (Fsp3) is 0.250. The molecule has 0 aliphatic heterocycles. The predicted molar refractivity (Wildman–Crippen MR) is 117 cm³/mol. The summed E-state index contributed by atoms with van der Waals surface area (Å²) >= 11 is 0.763. The Kier molecular flexibility index (Phi) is 6.88. The third-order valence-electron chi connectivity index (χ3n) is 4.48. The van der Waals surface area contributed by atoms with Crippen LogP contribution in [0.5, 0.6) is 11.5 Å². The van der Waals surface area contributed by atoms with Gasteiger partial charge in [-0.3, -0.25) is 10.1 Å². The molecule has 0 radical (unpaired) electrons. The van der Waals surface area contributed by atoms with Crippen LogP contribution in [0.25, 0.3) is 0 Å². The Hall–Kier alpha value is -3.02. The Labute approximate surface area is 184 Å². The van der Waals surface area contributed by atoms with E-state index in [4.69, 9.17) is 9.47 Å². The molecule has 1 atom stereocenters. The second kappa shape index (κ2) is 9.41. The van der Waals surface area contributed by atoms with Crippen molar-refractivity contribution >= 4 is 32.4 Å². The molecule has 31 heavy (non-hydrogen) atoms. The van der Waals surface area contributed by atoms with E-state index in [9.17, 15) is 13.2 Å². The SMILES string of the molecule is COc1ccc(OC)c([C@H](C)NS(=O)(=O)c2nnc(NC(=O)c3ccccc3C)s2)c1. The van der Waals surface area contributed by atoms with Crippen molar-refractivity contribution in [1.82, 2.24) is 14.9 Å². The van der Waals surface area contributed by atoms with Gasteiger partial charge in [-0.1, -0.05) is 29.5 Å². The van der Waals surface area contributed by atoms with Gasteiger partial charge < -0.3 is 9.47 Å². The number of anilines is 1. The molecule has 0 unspecified atom stereocenters. The quantitative estimate of drug-likeness (QED) is 0.494. The number of methoxy groups -OCH3 is 2. The molecule has 11 heteroatoms. The van der Waals surface area contributed by atoms with E-state index in [0.29, 0.717) is 22.6 Å². The lowest BCUT2D eigenvalue weighted by molar-refractivity contribution is 0.102. The summed E-state index contributed by atoms with van der Waals surface area (Å²) in [6, 6.07) is 11.5. The van der Waals surface area contributed by atoms with Gasteiger partial charge >= 0.3 is 0 Å². The summed E-state index contributed by atoms with van der Waals surface area (Å²) in [4.78, 5) is 12.4. The number of rotatable bonds is 8. The first-order valence-electron chi connectivity index (χ1n) is 9.20. The van der Waals surface area contributed by atoms with Gasteiger partial charge in [0.15, 0.2) is 0 Å². The minimum absolute atomic E-state index is 0.0836. The zero-order chi connectivity index (χ0) is 22.6. The van der Waals surface area contributed by atoms with Crippen molar-refractivity contribution in [3.63, 3.8) is 0 Å². The number of hydrogen-bond donors (Lipinski definition) is 2. The molecule has 0 aliphatic carbocycles. The number of sulfonamides is 1. The summed E-state index contributed by atoms with van der Waals surface area (Å²) in [6.07, 6.45) is 0. The average molecular weight is 463 g/mol. The number of benzene rings is 2. The van der Waals surface area contributed by atoms with E-state index in [1.165, 1.54) is 14.2 Å². The third-order valence-corrected chi connectivity index (χ3v) is 7.23. The summed E-state index contributed by atoms with van der Waals surface area (Å²) in [5.74, 6) is 0.694. The number of aryl methyl sites for hydroxylation is 1. The highest BCUT2D eigenvalue weighted by molar-refractivity contribution is 7.91. The minimum atomic E-state index is -3.99. The minimum Gasteiger partial charge on any atom is -0.497 e. The molecule has 1 heterocycles. The van der Waals surface area contributed by atoms with Gasteiger partial charge in [0.05, 0.1) is 14.2 Å². The summed E-state index contributed by atoms with van der Waals surface area (Å²) in [7, 11) is -0.970. The standard InChI is InChI=1S/C20H22N4O5S2/c1-12-7-5-6-8-15(12)18(25)21-19-22-23-20(30-19)31(26,27)24-13(2)16-11-14(28-3)9-10-17(16)29-4/h5-11,13,24H,1-4H3,(H,21,22,25)/t13-/m0/s1. The second-order valence-electron chi connectivity index (χ2n) is 6.59. The first kappa shape index (κ1) is 22.7. The van der Waals surface area contributed by atoms with E-state index < -0.39 is 16.1 Å². The molecule has 0 saturated carbocycles. The molecule has 164 valence electrons. The van der Waals surface area contributed by atoms with Gasteiger partial charge in [0, 0.05) is 17.2 Å². The zero-order valence-electron chi connectivity index (χ0n) is 17.4. The van der Waals surface area contributed by atoms with Crippen molar-refractivity contribution in [3.05, 3.63) is 59.2 Å². The molecular formula is C20H22N4O5S2. The maximum absolute atomic E-state index is 12.8. The summed E-state index contributed by atoms with van der Waals surface area (Å²) in [5, 5.41) is 10.2. The number of amides is 1. The van der Waals surface area contributed by atoms with Crippen molar-refractivity contribution < 1.29 is 22.7 Å². The highest BCUT2D eigenvalue weighted by atomic mass is 32.2. The molecule has 0 bridgehead atoms. The van der Waals surface area contributed by atoms with Gasteiger partial charge in [-0.15, -0.1) is 10.2 Å². The number of aromatic nitrogens is 2. The molecule has 1 amide bonds. The first-order valence-corrected chi connectivity index (χ1v) is 11.5. The molecule has 0 saturated heterocycles. The van der Waals surface area contributed by atoms with Crippen molar-refractivity contribution in [2.45, 2.75) is 24.2 Å². The highest BCUT2D eigenvalue weighted by Gasteiger charge is 2.25. The van der Waals surface area contributed by atoms with Crippen molar-refractivity contribution in [2.24, 2.45) is 0 Å². The van der Waals surface area contributed by atoms with Gasteiger partial charge in [0.25, 0.3) is 15.9 Å². The Morgan fingerprint density at radius 1 is 1.10 bits per heavy atom. The van der Waals surface area contributed by atoms with Gasteiger partial charge in [-0.05, 0) is 43.7 Å². The van der Waals surface area contributed by atoms with E-state index in [-0.39, 0.29) is 15.4 Å². The van der Waals surface area contributed by atoms with Gasteiger partial charge in [0.1, 0.15) is 11.5 Å². The van der Waals surface area contributed by atoms with Crippen LogP contribution in [-0.4, -0.2) is 38.7 Å². The Bertz CT molecular complexity index is 1190. The van der Waals surface area contributed by atoms with E-state index in [2.05, 4.69) is 20.2 Å². The van der Waals surface area contributed by atoms with Crippen LogP contribution in [0, 0.1) is 6.92 Å². The second-order valence-corrected chi connectivity index (χ2v) is 9.46. The largest absolute Gasteiger partial charge is 0.497 e. The molecule has 9 nitrogen and oxygen atoms in total. The Balaban J connectivity index is 1.77. The summed E-state index contributed by atoms with van der Waals surface area (Å²) in [6.45, 7) is 3.49. The summed E-state index contributed by atoms with van der Waals surface area (Å²) < 4.78 is 38.4. The molecule has 3 rings (SSSR count). The van der Waals surface area contributed by atoms with Crippen molar-refractivity contribution in [1.29, 1.82) is 0 Å².